The number of aryl methyl sites for hydroxylation is 1. The minimum atomic E-state index is -3.47. The van der Waals surface area contributed by atoms with Crippen LogP contribution in [0.5, 0.6) is 0 Å². The molecule has 200 valence electrons. The Morgan fingerprint density at radius 3 is 2.43 bits per heavy atom. The maximum absolute atomic E-state index is 13.2. The van der Waals surface area contributed by atoms with Gasteiger partial charge in [0.15, 0.2) is 0 Å². The number of hydrogen-bond acceptors (Lipinski definition) is 6. The zero-order valence-corrected chi connectivity index (χ0v) is 22.5. The number of carbonyl (C=O) groups is 1. The largest absolute Gasteiger partial charge is 0.465 e. The zero-order valence-electron chi connectivity index (χ0n) is 21.7. The van der Waals surface area contributed by atoms with Gasteiger partial charge < -0.3 is 20.2 Å². The van der Waals surface area contributed by atoms with Crippen LogP contribution < -0.4 is 14.9 Å². The predicted molar refractivity (Wildman–Crippen MR) is 146 cm³/mol. The minimum Gasteiger partial charge on any atom is -0.465 e. The van der Waals surface area contributed by atoms with Gasteiger partial charge in [0.25, 0.3) is 5.91 Å². The van der Waals surface area contributed by atoms with Crippen molar-refractivity contribution in [2.75, 3.05) is 23.7 Å². The molecule has 0 spiro atoms. The van der Waals surface area contributed by atoms with E-state index in [1.165, 1.54) is 11.4 Å². The number of amides is 1. The number of furan rings is 1. The van der Waals surface area contributed by atoms with Crippen LogP contribution in [0.15, 0.2) is 71.1 Å². The molecule has 2 atom stereocenters. The lowest BCUT2D eigenvalue weighted by atomic mass is 10.0. The summed E-state index contributed by atoms with van der Waals surface area (Å²) in [7, 11) is -1.99. The van der Waals surface area contributed by atoms with Crippen molar-refractivity contribution in [3.63, 3.8) is 0 Å². The lowest BCUT2D eigenvalue weighted by Crippen LogP contribution is -2.48. The number of sulfonamides is 1. The van der Waals surface area contributed by atoms with E-state index in [4.69, 9.17) is 4.42 Å². The third kappa shape index (κ3) is 8.18. The van der Waals surface area contributed by atoms with Crippen molar-refractivity contribution in [1.29, 1.82) is 0 Å². The number of benzene rings is 2. The molecule has 0 saturated heterocycles. The van der Waals surface area contributed by atoms with Crippen molar-refractivity contribution in [2.45, 2.75) is 51.8 Å². The van der Waals surface area contributed by atoms with Crippen LogP contribution in [0.4, 0.5) is 5.69 Å². The molecule has 3 aromatic rings. The normalized spacial score (nSPS) is 13.2. The van der Waals surface area contributed by atoms with Crippen molar-refractivity contribution < 1.29 is 22.7 Å². The quantitative estimate of drug-likeness (QED) is 0.296. The van der Waals surface area contributed by atoms with Gasteiger partial charge in [-0.15, -0.1) is 0 Å². The summed E-state index contributed by atoms with van der Waals surface area (Å²) in [6.45, 7) is 4.54. The zero-order chi connectivity index (χ0) is 26.8. The highest BCUT2D eigenvalue weighted by Gasteiger charge is 2.24. The summed E-state index contributed by atoms with van der Waals surface area (Å²) in [6, 6.07) is 19.4. The van der Waals surface area contributed by atoms with Crippen molar-refractivity contribution in [3.8, 4) is 0 Å². The minimum absolute atomic E-state index is 0.0238. The molecule has 0 bridgehead atoms. The van der Waals surface area contributed by atoms with Crippen LogP contribution in [0.25, 0.3) is 0 Å². The first kappa shape index (κ1) is 28.4. The van der Waals surface area contributed by atoms with Gasteiger partial charge in [0.1, 0.15) is 11.5 Å². The molecule has 0 fully saturated rings. The summed E-state index contributed by atoms with van der Waals surface area (Å²) in [4.78, 5) is 13.2. The molecule has 0 aliphatic heterocycles. The highest BCUT2D eigenvalue weighted by atomic mass is 32.2. The number of anilines is 1. The first-order valence-electron chi connectivity index (χ1n) is 12.6. The standard InChI is InChI=1S/C28H37N3O5S/c1-4-16-37(34,35)31(3)23-13-9-12-22(18-23)28(33)30-26(17-21-10-7-6-8-11-21)27(32)20-29-19-25-15-14-24(5-2)36-25/h6-15,18,26-27,29,32H,4-5,16-17,19-20H2,1-3H3,(H,30,33). The van der Waals surface area contributed by atoms with Crippen molar-refractivity contribution >= 4 is 21.6 Å². The van der Waals surface area contributed by atoms with Gasteiger partial charge in [-0.1, -0.05) is 50.2 Å². The van der Waals surface area contributed by atoms with Crippen LogP contribution in [0.2, 0.25) is 0 Å². The van der Waals surface area contributed by atoms with Crippen LogP contribution in [0, 0.1) is 0 Å². The topological polar surface area (TPSA) is 112 Å². The fourth-order valence-corrected chi connectivity index (χ4v) is 5.22. The molecule has 37 heavy (non-hydrogen) atoms. The summed E-state index contributed by atoms with van der Waals surface area (Å²) in [5, 5.41) is 17.2. The van der Waals surface area contributed by atoms with Crippen LogP contribution in [0.3, 0.4) is 0 Å². The first-order valence-corrected chi connectivity index (χ1v) is 14.2. The summed E-state index contributed by atoms with van der Waals surface area (Å²) in [6.07, 6.45) is 0.871. The smallest absolute Gasteiger partial charge is 0.251 e. The lowest BCUT2D eigenvalue weighted by Gasteiger charge is -2.25. The van der Waals surface area contributed by atoms with Crippen LogP contribution in [-0.4, -0.2) is 50.9 Å². The molecule has 1 amide bonds. The number of hydrogen-bond donors (Lipinski definition) is 3. The molecular formula is C28H37N3O5S. The predicted octanol–water partition coefficient (Wildman–Crippen LogP) is 3.51. The van der Waals surface area contributed by atoms with E-state index >= 15 is 0 Å². The molecule has 3 N–H and O–H groups in total. The number of aliphatic hydroxyl groups is 1. The second-order valence-electron chi connectivity index (χ2n) is 9.02. The Bertz CT molecular complexity index is 1240. The Kier molecular flexibility index (Phi) is 10.3. The van der Waals surface area contributed by atoms with Gasteiger partial charge in [-0.25, -0.2) is 8.42 Å². The van der Waals surface area contributed by atoms with Gasteiger partial charge in [-0.3, -0.25) is 9.10 Å². The van der Waals surface area contributed by atoms with Gasteiger partial charge in [0.05, 0.1) is 30.1 Å². The second kappa shape index (κ2) is 13.4. The summed E-state index contributed by atoms with van der Waals surface area (Å²) < 4.78 is 31.9. The Morgan fingerprint density at radius 2 is 1.76 bits per heavy atom. The summed E-state index contributed by atoms with van der Waals surface area (Å²) >= 11 is 0. The molecule has 2 aromatic carbocycles. The molecule has 2 unspecified atom stereocenters. The lowest BCUT2D eigenvalue weighted by molar-refractivity contribution is 0.0829. The van der Waals surface area contributed by atoms with Gasteiger partial charge in [0.2, 0.25) is 10.0 Å². The van der Waals surface area contributed by atoms with Gasteiger partial charge >= 0.3 is 0 Å². The number of carbonyl (C=O) groups excluding carboxylic acids is 1. The highest BCUT2D eigenvalue weighted by Crippen LogP contribution is 2.19. The van der Waals surface area contributed by atoms with Gasteiger partial charge in [0, 0.05) is 25.6 Å². The Hall–Kier alpha value is -3.14. The second-order valence-corrected chi connectivity index (χ2v) is 11.1. The van der Waals surface area contributed by atoms with E-state index in [0.717, 1.165) is 23.5 Å². The monoisotopic (exact) mass is 527 g/mol. The molecule has 9 heteroatoms. The maximum Gasteiger partial charge on any atom is 0.251 e. The highest BCUT2D eigenvalue weighted by molar-refractivity contribution is 7.92. The van der Waals surface area contributed by atoms with E-state index in [0.29, 0.717) is 30.6 Å². The van der Waals surface area contributed by atoms with Gasteiger partial charge in [-0.2, -0.15) is 0 Å². The Labute approximate surface area is 219 Å². The number of aliphatic hydroxyl groups excluding tert-OH is 1. The SMILES string of the molecule is CCCS(=O)(=O)N(C)c1cccc(C(=O)NC(Cc2ccccc2)C(O)CNCc2ccc(CC)o2)c1. The molecule has 8 nitrogen and oxygen atoms in total. The molecule has 0 radical (unpaired) electrons. The van der Waals surface area contributed by atoms with Crippen LogP contribution in [0.1, 0.15) is 47.7 Å². The van der Waals surface area contributed by atoms with E-state index in [1.807, 2.05) is 49.4 Å². The maximum atomic E-state index is 13.2. The van der Waals surface area contributed by atoms with E-state index in [9.17, 15) is 18.3 Å². The average Bonchev–Trinajstić information content (AvgIpc) is 3.36. The molecular weight excluding hydrogens is 490 g/mol. The fourth-order valence-electron chi connectivity index (χ4n) is 3.99. The van der Waals surface area contributed by atoms with E-state index in [-0.39, 0.29) is 18.2 Å². The number of rotatable bonds is 14. The molecule has 0 aliphatic rings. The van der Waals surface area contributed by atoms with Crippen LogP contribution in [-0.2, 0) is 29.4 Å². The van der Waals surface area contributed by atoms with Crippen molar-refractivity contribution in [3.05, 3.63) is 89.4 Å². The summed E-state index contributed by atoms with van der Waals surface area (Å²) in [5.74, 6) is 1.33. The van der Waals surface area contributed by atoms with Crippen molar-refractivity contribution in [2.24, 2.45) is 0 Å². The fraction of sp³-hybridized carbons (Fsp3) is 0.393. The van der Waals surface area contributed by atoms with Crippen LogP contribution >= 0.6 is 0 Å². The number of nitrogens with zero attached hydrogens (tertiary/aromatic N) is 1. The summed E-state index contributed by atoms with van der Waals surface area (Å²) in [5.41, 5.74) is 1.70. The molecule has 3 rings (SSSR count). The molecule has 1 aromatic heterocycles. The van der Waals surface area contributed by atoms with E-state index in [2.05, 4.69) is 10.6 Å². The van der Waals surface area contributed by atoms with E-state index in [1.54, 1.807) is 31.2 Å². The van der Waals surface area contributed by atoms with Gasteiger partial charge in [-0.05, 0) is 48.7 Å². The van der Waals surface area contributed by atoms with E-state index < -0.39 is 22.2 Å². The number of nitrogens with one attached hydrogen (secondary N) is 2. The molecule has 1 heterocycles. The average molecular weight is 528 g/mol. The third-order valence-electron chi connectivity index (χ3n) is 6.15. The van der Waals surface area contributed by atoms with Crippen molar-refractivity contribution in [1.82, 2.24) is 10.6 Å². The Morgan fingerprint density at radius 1 is 1.03 bits per heavy atom. The first-order chi connectivity index (χ1) is 17.7. The Balaban J connectivity index is 1.71. The molecule has 0 saturated carbocycles. The third-order valence-corrected chi connectivity index (χ3v) is 8.12. The molecule has 0 aliphatic carbocycles.